The Hall–Kier alpha value is -2.82. The van der Waals surface area contributed by atoms with Crippen molar-refractivity contribution in [3.05, 3.63) is 75.1 Å². The highest BCUT2D eigenvalue weighted by atomic mass is 16.5. The zero-order valence-electron chi connectivity index (χ0n) is 13.0. The molecule has 0 unspecified atom stereocenters. The number of nitrogens with zero attached hydrogens (tertiary/aromatic N) is 1. The van der Waals surface area contributed by atoms with Crippen LogP contribution in [-0.4, -0.2) is 10.7 Å². The lowest BCUT2D eigenvalue weighted by atomic mass is 10.2. The summed E-state index contributed by atoms with van der Waals surface area (Å²) in [5, 5.41) is 0.395. The maximum atomic E-state index is 12.0. The van der Waals surface area contributed by atoms with Gasteiger partial charge in [-0.3, -0.25) is 4.57 Å². The quantitative estimate of drug-likeness (QED) is 0.743. The average molecular weight is 311 g/mol. The van der Waals surface area contributed by atoms with E-state index in [1.54, 1.807) is 24.3 Å². The van der Waals surface area contributed by atoms with Crippen molar-refractivity contribution in [1.29, 1.82) is 0 Å². The summed E-state index contributed by atoms with van der Waals surface area (Å²) in [6, 6.07) is 14.4. The van der Waals surface area contributed by atoms with Crippen molar-refractivity contribution in [2.24, 2.45) is 0 Å². The fraction of sp³-hybridized carbons (Fsp3) is 0.222. The predicted octanol–water partition coefficient (Wildman–Crippen LogP) is 2.79. The highest BCUT2D eigenvalue weighted by Crippen LogP contribution is 2.15. The second kappa shape index (κ2) is 6.12. The van der Waals surface area contributed by atoms with E-state index in [9.17, 15) is 9.59 Å². The lowest BCUT2D eigenvalue weighted by Crippen LogP contribution is -2.25. The molecule has 5 nitrogen and oxygen atoms in total. The molecule has 1 heterocycles. The van der Waals surface area contributed by atoms with Gasteiger partial charge in [0, 0.05) is 0 Å². The number of fused-ring (bicyclic) bond motifs is 1. The van der Waals surface area contributed by atoms with Gasteiger partial charge in [-0.05, 0) is 43.7 Å². The van der Waals surface area contributed by atoms with E-state index in [2.05, 4.69) is 0 Å². The van der Waals surface area contributed by atoms with Crippen molar-refractivity contribution in [2.45, 2.75) is 26.5 Å². The first-order valence-electron chi connectivity index (χ1n) is 7.43. The van der Waals surface area contributed by atoms with Gasteiger partial charge in [0.2, 0.25) is 0 Å². The van der Waals surface area contributed by atoms with E-state index < -0.39 is 11.4 Å². The minimum absolute atomic E-state index is 0.107. The van der Waals surface area contributed by atoms with Crippen LogP contribution in [0.2, 0.25) is 0 Å². The molecule has 5 heteroatoms. The molecule has 0 radical (unpaired) electrons. The molecule has 0 saturated heterocycles. The molecule has 0 aliphatic carbocycles. The molecule has 0 aliphatic heterocycles. The van der Waals surface area contributed by atoms with Crippen LogP contribution in [0.1, 0.15) is 19.4 Å². The van der Waals surface area contributed by atoms with Crippen molar-refractivity contribution >= 4 is 10.9 Å². The lowest BCUT2D eigenvalue weighted by molar-refractivity contribution is 0.242. The molecule has 0 spiro atoms. The molecule has 23 heavy (non-hydrogen) atoms. The summed E-state index contributed by atoms with van der Waals surface area (Å²) >= 11 is 0. The highest BCUT2D eigenvalue weighted by Gasteiger charge is 2.09. The van der Waals surface area contributed by atoms with Gasteiger partial charge in [-0.15, -0.1) is 0 Å². The van der Waals surface area contributed by atoms with Crippen molar-refractivity contribution in [3.8, 4) is 5.75 Å². The van der Waals surface area contributed by atoms with E-state index in [4.69, 9.17) is 9.15 Å². The van der Waals surface area contributed by atoms with Gasteiger partial charge < -0.3 is 9.15 Å². The van der Waals surface area contributed by atoms with Crippen LogP contribution < -0.4 is 16.1 Å². The molecule has 0 aliphatic rings. The number of rotatable bonds is 4. The van der Waals surface area contributed by atoms with Crippen molar-refractivity contribution in [2.75, 3.05) is 0 Å². The number of hydrogen-bond acceptors (Lipinski definition) is 4. The molecule has 0 atom stereocenters. The fourth-order valence-corrected chi connectivity index (χ4v) is 2.45. The molecule has 0 fully saturated rings. The number of hydrogen-bond donors (Lipinski definition) is 0. The van der Waals surface area contributed by atoms with Gasteiger partial charge in [0.15, 0.2) is 0 Å². The minimum atomic E-state index is -0.656. The van der Waals surface area contributed by atoms with Crippen molar-refractivity contribution in [1.82, 2.24) is 4.57 Å². The summed E-state index contributed by atoms with van der Waals surface area (Å²) in [6.45, 7) is 4.25. The maximum Gasteiger partial charge on any atom is 0.422 e. The zero-order chi connectivity index (χ0) is 16.4. The SMILES string of the molecule is CC(C)Oc1ccc(Cn2c(=O)oc(=O)c3ccccc32)cc1. The molecule has 0 N–H and O–H groups in total. The summed E-state index contributed by atoms with van der Waals surface area (Å²) in [6.07, 6.45) is 0.107. The van der Waals surface area contributed by atoms with E-state index >= 15 is 0 Å². The van der Waals surface area contributed by atoms with Gasteiger partial charge in [-0.2, -0.15) is 0 Å². The number of ether oxygens (including phenoxy) is 1. The molecule has 0 bridgehead atoms. The summed E-state index contributed by atoms with van der Waals surface area (Å²) in [5.41, 5.74) is 0.876. The topological polar surface area (TPSA) is 61.4 Å². The van der Waals surface area contributed by atoms with Gasteiger partial charge in [0.25, 0.3) is 0 Å². The summed E-state index contributed by atoms with van der Waals surface area (Å²) < 4.78 is 11.9. The molecular formula is C18H17NO4. The molecule has 0 saturated carbocycles. The summed E-state index contributed by atoms with van der Waals surface area (Å²) in [7, 11) is 0. The molecular weight excluding hydrogens is 294 g/mol. The van der Waals surface area contributed by atoms with E-state index in [-0.39, 0.29) is 6.10 Å². The molecule has 3 rings (SSSR count). The van der Waals surface area contributed by atoms with Crippen LogP contribution in [0.15, 0.2) is 62.5 Å². The molecule has 1 aromatic heterocycles. The van der Waals surface area contributed by atoms with Gasteiger partial charge in [0.1, 0.15) is 5.75 Å². The third kappa shape index (κ3) is 3.18. The Balaban J connectivity index is 1.99. The van der Waals surface area contributed by atoms with Crippen LogP contribution in [0.4, 0.5) is 0 Å². The number of para-hydroxylation sites is 1. The van der Waals surface area contributed by atoms with Crippen molar-refractivity contribution in [3.63, 3.8) is 0 Å². The van der Waals surface area contributed by atoms with Crippen LogP contribution in [0.5, 0.6) is 5.75 Å². The molecule has 118 valence electrons. The standard InChI is InChI=1S/C18H17NO4/c1-12(2)22-14-9-7-13(8-10-14)11-19-16-6-4-3-5-15(16)17(20)23-18(19)21/h3-10,12H,11H2,1-2H3. The first kappa shape index (κ1) is 15.1. The van der Waals surface area contributed by atoms with Gasteiger partial charge in [0.05, 0.1) is 23.6 Å². The maximum absolute atomic E-state index is 12.0. The molecule has 2 aromatic carbocycles. The van der Waals surface area contributed by atoms with Crippen molar-refractivity contribution < 1.29 is 9.15 Å². The Morgan fingerprint density at radius 3 is 2.43 bits per heavy atom. The van der Waals surface area contributed by atoms with Crippen LogP contribution in [-0.2, 0) is 6.54 Å². The van der Waals surface area contributed by atoms with Crippen LogP contribution in [0.3, 0.4) is 0 Å². The first-order chi connectivity index (χ1) is 11.0. The smallest absolute Gasteiger partial charge is 0.422 e. The van der Waals surface area contributed by atoms with Crippen LogP contribution >= 0.6 is 0 Å². The Kier molecular flexibility index (Phi) is 4.02. The lowest BCUT2D eigenvalue weighted by Gasteiger charge is -2.11. The Bertz CT molecular complexity index is 936. The van der Waals surface area contributed by atoms with Gasteiger partial charge >= 0.3 is 11.4 Å². The third-order valence-corrected chi connectivity index (χ3v) is 3.45. The second-order valence-corrected chi connectivity index (χ2v) is 5.57. The monoisotopic (exact) mass is 311 g/mol. The Labute approximate surface area is 132 Å². The van der Waals surface area contributed by atoms with Gasteiger partial charge in [-0.1, -0.05) is 24.3 Å². The molecule has 3 aromatic rings. The first-order valence-corrected chi connectivity index (χ1v) is 7.43. The summed E-state index contributed by atoms with van der Waals surface area (Å²) in [4.78, 5) is 23.8. The second-order valence-electron chi connectivity index (χ2n) is 5.57. The predicted molar refractivity (Wildman–Crippen MR) is 88.1 cm³/mol. The largest absolute Gasteiger partial charge is 0.491 e. The van der Waals surface area contributed by atoms with E-state index in [1.807, 2.05) is 38.1 Å². The third-order valence-electron chi connectivity index (χ3n) is 3.45. The van der Waals surface area contributed by atoms with E-state index in [0.717, 1.165) is 11.3 Å². The summed E-state index contributed by atoms with van der Waals surface area (Å²) in [5.74, 6) is 0.122. The van der Waals surface area contributed by atoms with Gasteiger partial charge in [-0.25, -0.2) is 9.59 Å². The van der Waals surface area contributed by atoms with Crippen LogP contribution in [0, 0.1) is 0 Å². The van der Waals surface area contributed by atoms with E-state index in [1.165, 1.54) is 4.57 Å². The van der Waals surface area contributed by atoms with Crippen LogP contribution in [0.25, 0.3) is 10.9 Å². The highest BCUT2D eigenvalue weighted by molar-refractivity contribution is 5.77. The Morgan fingerprint density at radius 1 is 1.04 bits per heavy atom. The number of benzene rings is 2. The minimum Gasteiger partial charge on any atom is -0.491 e. The Morgan fingerprint density at radius 2 is 1.74 bits per heavy atom. The molecule has 0 amide bonds. The zero-order valence-corrected chi connectivity index (χ0v) is 13.0. The fourth-order valence-electron chi connectivity index (χ4n) is 2.45. The number of aromatic nitrogens is 1. The average Bonchev–Trinajstić information content (AvgIpc) is 2.52. The van der Waals surface area contributed by atoms with E-state index in [0.29, 0.717) is 17.4 Å². The normalized spacial score (nSPS) is 11.1.